The number of nitrogens with zero attached hydrogens (tertiary/aromatic N) is 1. The molecule has 7 nitrogen and oxygen atoms in total. The maximum atomic E-state index is 12.5. The first kappa shape index (κ1) is 19.4. The van der Waals surface area contributed by atoms with Crippen LogP contribution >= 0.6 is 0 Å². The number of amides is 1. The Balaban J connectivity index is 2.12. The number of hydrogen-bond acceptors (Lipinski definition) is 4. The molecule has 0 bridgehead atoms. The topological polar surface area (TPSA) is 104 Å². The SMILES string of the molecule is CCN(CC)S(=O)(=O)c1ccc(C(C)NC(=O)C2(C(=O)O)CC2)cc1. The molecule has 1 aromatic carbocycles. The van der Waals surface area contributed by atoms with Gasteiger partial charge in [-0.15, -0.1) is 0 Å². The summed E-state index contributed by atoms with van der Waals surface area (Å²) < 4.78 is 26.3. The van der Waals surface area contributed by atoms with Crippen molar-refractivity contribution in [3.63, 3.8) is 0 Å². The van der Waals surface area contributed by atoms with Crippen LogP contribution in [0.5, 0.6) is 0 Å². The first-order valence-corrected chi connectivity index (χ1v) is 9.77. The predicted molar refractivity (Wildman–Crippen MR) is 92.4 cm³/mol. The van der Waals surface area contributed by atoms with E-state index in [1.165, 1.54) is 16.4 Å². The highest BCUT2D eigenvalue weighted by Gasteiger charge is 2.57. The van der Waals surface area contributed by atoms with Gasteiger partial charge in [-0.2, -0.15) is 4.31 Å². The number of hydrogen-bond donors (Lipinski definition) is 2. The molecule has 1 fully saturated rings. The van der Waals surface area contributed by atoms with Gasteiger partial charge in [0.1, 0.15) is 5.41 Å². The molecule has 1 aliphatic carbocycles. The van der Waals surface area contributed by atoms with Gasteiger partial charge in [-0.25, -0.2) is 8.42 Å². The fourth-order valence-corrected chi connectivity index (χ4v) is 4.18. The van der Waals surface area contributed by atoms with Gasteiger partial charge in [0.25, 0.3) is 0 Å². The van der Waals surface area contributed by atoms with Gasteiger partial charge in [0, 0.05) is 13.1 Å². The van der Waals surface area contributed by atoms with Crippen LogP contribution in [0.2, 0.25) is 0 Å². The highest BCUT2D eigenvalue weighted by Crippen LogP contribution is 2.46. The van der Waals surface area contributed by atoms with Gasteiger partial charge in [0.2, 0.25) is 15.9 Å². The summed E-state index contributed by atoms with van der Waals surface area (Å²) in [5.74, 6) is -1.59. The number of carbonyl (C=O) groups is 2. The normalized spacial score (nSPS) is 17.1. The van der Waals surface area contributed by atoms with E-state index >= 15 is 0 Å². The lowest BCUT2D eigenvalue weighted by molar-refractivity contribution is -0.149. The van der Waals surface area contributed by atoms with Gasteiger partial charge >= 0.3 is 5.97 Å². The molecular weight excluding hydrogens is 344 g/mol. The molecular formula is C17H24N2O5S. The van der Waals surface area contributed by atoms with Crippen molar-refractivity contribution in [3.8, 4) is 0 Å². The largest absolute Gasteiger partial charge is 0.480 e. The second kappa shape index (κ2) is 7.13. The van der Waals surface area contributed by atoms with Crippen LogP contribution in [-0.4, -0.2) is 42.8 Å². The third-order valence-corrected chi connectivity index (χ3v) is 6.73. The van der Waals surface area contributed by atoms with E-state index < -0.39 is 33.4 Å². The van der Waals surface area contributed by atoms with E-state index in [4.69, 9.17) is 5.11 Å². The summed E-state index contributed by atoms with van der Waals surface area (Å²) in [5.41, 5.74) is -0.576. The van der Waals surface area contributed by atoms with Crippen molar-refractivity contribution in [1.82, 2.24) is 9.62 Å². The Morgan fingerprint density at radius 2 is 1.72 bits per heavy atom. The lowest BCUT2D eigenvalue weighted by atomic mass is 10.0. The molecule has 1 aliphatic rings. The minimum atomic E-state index is -3.52. The van der Waals surface area contributed by atoms with E-state index in [1.54, 1.807) is 32.9 Å². The molecule has 1 atom stereocenters. The predicted octanol–water partition coefficient (Wildman–Crippen LogP) is 1.76. The smallest absolute Gasteiger partial charge is 0.319 e. The highest BCUT2D eigenvalue weighted by molar-refractivity contribution is 7.89. The highest BCUT2D eigenvalue weighted by atomic mass is 32.2. The minimum Gasteiger partial charge on any atom is -0.480 e. The van der Waals surface area contributed by atoms with Crippen LogP contribution in [0.4, 0.5) is 0 Å². The van der Waals surface area contributed by atoms with E-state index in [2.05, 4.69) is 5.32 Å². The molecule has 1 saturated carbocycles. The number of sulfonamides is 1. The molecule has 0 heterocycles. The summed E-state index contributed by atoms with van der Waals surface area (Å²) in [6.45, 7) is 6.09. The zero-order valence-corrected chi connectivity index (χ0v) is 15.5. The fraction of sp³-hybridized carbons (Fsp3) is 0.529. The standard InChI is InChI=1S/C17H24N2O5S/c1-4-19(5-2)25(23,24)14-8-6-13(7-9-14)12(3)18-15(20)17(10-11-17)16(21)22/h6-9,12H,4-5,10-11H2,1-3H3,(H,18,20)(H,21,22). The van der Waals surface area contributed by atoms with E-state index in [9.17, 15) is 18.0 Å². The van der Waals surface area contributed by atoms with Gasteiger partial charge in [-0.05, 0) is 37.5 Å². The molecule has 138 valence electrons. The van der Waals surface area contributed by atoms with Crippen LogP contribution in [0.25, 0.3) is 0 Å². The molecule has 2 rings (SSSR count). The van der Waals surface area contributed by atoms with Crippen LogP contribution in [0.3, 0.4) is 0 Å². The summed E-state index contributed by atoms with van der Waals surface area (Å²) in [5, 5.41) is 11.9. The van der Waals surface area contributed by atoms with Crippen molar-refractivity contribution >= 4 is 21.9 Å². The van der Waals surface area contributed by atoms with Crippen molar-refractivity contribution in [3.05, 3.63) is 29.8 Å². The Kier molecular flexibility index (Phi) is 5.53. The van der Waals surface area contributed by atoms with Gasteiger partial charge in [0.05, 0.1) is 10.9 Å². The maximum Gasteiger partial charge on any atom is 0.319 e. The zero-order chi connectivity index (χ0) is 18.8. The van der Waals surface area contributed by atoms with Crippen molar-refractivity contribution in [2.45, 2.75) is 44.6 Å². The molecule has 2 N–H and O–H groups in total. The summed E-state index contributed by atoms with van der Waals surface area (Å²) >= 11 is 0. The number of nitrogens with one attached hydrogen (secondary N) is 1. The molecule has 0 spiro atoms. The Hall–Kier alpha value is -1.93. The monoisotopic (exact) mass is 368 g/mol. The number of carboxylic acid groups (broad SMARTS) is 1. The van der Waals surface area contributed by atoms with Crippen LogP contribution < -0.4 is 5.32 Å². The summed E-state index contributed by atoms with van der Waals surface area (Å²) in [6, 6.07) is 5.89. The van der Waals surface area contributed by atoms with Crippen molar-refractivity contribution in [2.75, 3.05) is 13.1 Å². The van der Waals surface area contributed by atoms with Crippen molar-refractivity contribution in [1.29, 1.82) is 0 Å². The second-order valence-electron chi connectivity index (χ2n) is 6.24. The number of aliphatic carboxylic acids is 1. The van der Waals surface area contributed by atoms with E-state index in [0.717, 1.165) is 0 Å². The Morgan fingerprint density at radius 3 is 2.12 bits per heavy atom. The number of carboxylic acids is 1. The van der Waals surface area contributed by atoms with E-state index in [1.807, 2.05) is 0 Å². The minimum absolute atomic E-state index is 0.197. The summed E-state index contributed by atoms with van der Waals surface area (Å²) in [6.07, 6.45) is 0.698. The molecule has 0 saturated heterocycles. The molecule has 1 aromatic rings. The Labute approximate surface area is 148 Å². The number of rotatable bonds is 8. The first-order chi connectivity index (χ1) is 11.7. The average Bonchev–Trinajstić information content (AvgIpc) is 3.37. The Bertz CT molecular complexity index is 750. The molecule has 1 amide bonds. The van der Waals surface area contributed by atoms with E-state index in [-0.39, 0.29) is 4.90 Å². The molecule has 1 unspecified atom stereocenters. The van der Waals surface area contributed by atoms with Crippen LogP contribution in [0, 0.1) is 5.41 Å². The Morgan fingerprint density at radius 1 is 1.20 bits per heavy atom. The van der Waals surface area contributed by atoms with Gasteiger partial charge < -0.3 is 10.4 Å². The summed E-state index contributed by atoms with van der Waals surface area (Å²) in [4.78, 5) is 23.5. The fourth-order valence-electron chi connectivity index (χ4n) is 2.72. The zero-order valence-electron chi connectivity index (χ0n) is 14.7. The molecule has 0 aromatic heterocycles. The lowest BCUT2D eigenvalue weighted by Crippen LogP contribution is -2.38. The third-order valence-electron chi connectivity index (χ3n) is 4.66. The number of carbonyl (C=O) groups excluding carboxylic acids is 1. The third kappa shape index (κ3) is 3.69. The molecule has 0 radical (unpaired) electrons. The van der Waals surface area contributed by atoms with Gasteiger partial charge in [-0.3, -0.25) is 9.59 Å². The average molecular weight is 368 g/mol. The van der Waals surface area contributed by atoms with Crippen LogP contribution in [0.15, 0.2) is 29.2 Å². The number of benzene rings is 1. The quantitative estimate of drug-likeness (QED) is 0.681. The lowest BCUT2D eigenvalue weighted by Gasteiger charge is -2.20. The van der Waals surface area contributed by atoms with Crippen LogP contribution in [-0.2, 0) is 19.6 Å². The summed E-state index contributed by atoms with van der Waals surface area (Å²) in [7, 11) is -3.52. The molecule has 0 aliphatic heterocycles. The van der Waals surface area contributed by atoms with Crippen LogP contribution in [0.1, 0.15) is 45.2 Å². The molecule has 25 heavy (non-hydrogen) atoms. The maximum absolute atomic E-state index is 12.5. The second-order valence-corrected chi connectivity index (χ2v) is 8.18. The van der Waals surface area contributed by atoms with Gasteiger partial charge in [-0.1, -0.05) is 26.0 Å². The van der Waals surface area contributed by atoms with E-state index in [0.29, 0.717) is 31.5 Å². The van der Waals surface area contributed by atoms with Gasteiger partial charge in [0.15, 0.2) is 0 Å². The van der Waals surface area contributed by atoms with Crippen molar-refractivity contribution < 1.29 is 23.1 Å². The first-order valence-electron chi connectivity index (χ1n) is 8.33. The van der Waals surface area contributed by atoms with Crippen molar-refractivity contribution in [2.24, 2.45) is 5.41 Å². The molecule has 8 heteroatoms.